The summed E-state index contributed by atoms with van der Waals surface area (Å²) in [5.41, 5.74) is 1.59. The van der Waals surface area contributed by atoms with E-state index < -0.39 is 44.0 Å². The zero-order chi connectivity index (χ0) is 32.6. The summed E-state index contributed by atoms with van der Waals surface area (Å²) >= 11 is 6.27. The molecule has 1 N–H and O–H groups in total. The molecule has 3 aromatic rings. The van der Waals surface area contributed by atoms with E-state index in [9.17, 15) is 28.1 Å². The Balaban J connectivity index is 2.18. The van der Waals surface area contributed by atoms with Crippen LogP contribution in [0.3, 0.4) is 0 Å². The Hall–Kier alpha value is -4.16. The first-order valence-electron chi connectivity index (χ1n) is 14.1. The van der Waals surface area contributed by atoms with Crippen LogP contribution in [0, 0.1) is 24.0 Å². The van der Waals surface area contributed by atoms with Crippen molar-refractivity contribution in [1.29, 1.82) is 0 Å². The van der Waals surface area contributed by atoms with E-state index in [2.05, 4.69) is 5.32 Å². The minimum absolute atomic E-state index is 0.0355. The number of hydrogen-bond donors (Lipinski definition) is 1. The number of hydrogen-bond acceptors (Lipinski definition) is 7. The predicted octanol–water partition coefficient (Wildman–Crippen LogP) is 5.40. The Morgan fingerprint density at radius 2 is 1.73 bits per heavy atom. The number of rotatable bonds is 14. The number of nitrogens with zero attached hydrogens (tertiary/aromatic N) is 3. The predicted molar refractivity (Wildman–Crippen MR) is 169 cm³/mol. The van der Waals surface area contributed by atoms with E-state index in [-0.39, 0.29) is 40.9 Å². The van der Waals surface area contributed by atoms with Crippen molar-refractivity contribution in [2.75, 3.05) is 24.5 Å². The average molecular weight is 645 g/mol. The molecule has 0 aliphatic heterocycles. The number of methoxy groups -OCH3 is 1. The maximum absolute atomic E-state index is 14.2. The van der Waals surface area contributed by atoms with Gasteiger partial charge in [-0.25, -0.2) is 8.42 Å². The fourth-order valence-electron chi connectivity index (χ4n) is 4.62. The van der Waals surface area contributed by atoms with Gasteiger partial charge in [0.1, 0.15) is 18.3 Å². The molecule has 13 heteroatoms. The van der Waals surface area contributed by atoms with E-state index in [1.54, 1.807) is 6.92 Å². The van der Waals surface area contributed by atoms with E-state index in [1.165, 1.54) is 49.3 Å². The number of aryl methyl sites for hydroxylation is 2. The number of halogens is 1. The molecule has 236 valence electrons. The number of nitro benzene ring substituents is 1. The lowest BCUT2D eigenvalue weighted by Crippen LogP contribution is -2.52. The molecule has 0 spiro atoms. The van der Waals surface area contributed by atoms with Crippen molar-refractivity contribution >= 4 is 44.8 Å². The molecule has 3 aromatic carbocycles. The molecule has 44 heavy (non-hydrogen) atoms. The summed E-state index contributed by atoms with van der Waals surface area (Å²) in [5.74, 6) is -0.930. The summed E-state index contributed by atoms with van der Waals surface area (Å²) in [6.45, 7) is 6.80. The summed E-state index contributed by atoms with van der Waals surface area (Å²) in [4.78, 5) is 39.4. The van der Waals surface area contributed by atoms with Gasteiger partial charge in [0.2, 0.25) is 11.8 Å². The highest BCUT2D eigenvalue weighted by Crippen LogP contribution is 2.36. The molecule has 11 nitrogen and oxygen atoms in total. The minimum Gasteiger partial charge on any atom is -0.495 e. The minimum atomic E-state index is -4.61. The molecule has 0 aliphatic carbocycles. The second-order valence-electron chi connectivity index (χ2n) is 10.3. The number of nitrogens with one attached hydrogen (secondary N) is 1. The van der Waals surface area contributed by atoms with Crippen LogP contribution in [0.5, 0.6) is 5.75 Å². The quantitative estimate of drug-likeness (QED) is 0.183. The first-order valence-corrected chi connectivity index (χ1v) is 15.9. The van der Waals surface area contributed by atoms with Gasteiger partial charge in [-0.1, -0.05) is 61.3 Å². The van der Waals surface area contributed by atoms with Crippen LogP contribution in [0.2, 0.25) is 5.02 Å². The number of amides is 2. The Labute approximate surface area is 263 Å². The van der Waals surface area contributed by atoms with Crippen molar-refractivity contribution in [3.63, 3.8) is 0 Å². The number of carbonyl (C=O) groups is 2. The Morgan fingerprint density at radius 1 is 1.05 bits per heavy atom. The average Bonchev–Trinajstić information content (AvgIpc) is 2.99. The molecule has 0 fully saturated rings. The molecule has 0 bridgehead atoms. The van der Waals surface area contributed by atoms with Crippen LogP contribution < -0.4 is 14.4 Å². The molecule has 0 radical (unpaired) electrons. The molecule has 0 heterocycles. The highest BCUT2D eigenvalue weighted by molar-refractivity contribution is 7.92. The maximum Gasteiger partial charge on any atom is 0.273 e. The fourth-order valence-corrected chi connectivity index (χ4v) is 6.22. The Bertz CT molecular complexity index is 1610. The molecule has 0 aliphatic rings. The lowest BCUT2D eigenvalue weighted by molar-refractivity contribution is -0.385. The van der Waals surface area contributed by atoms with Gasteiger partial charge in [0.15, 0.2) is 0 Å². The number of anilines is 1. The highest BCUT2D eigenvalue weighted by atomic mass is 35.5. The molecule has 0 saturated carbocycles. The summed E-state index contributed by atoms with van der Waals surface area (Å²) in [6, 6.07) is 14.4. The number of benzene rings is 3. The third kappa shape index (κ3) is 8.06. The monoisotopic (exact) mass is 644 g/mol. The van der Waals surface area contributed by atoms with Crippen LogP contribution in [0.15, 0.2) is 65.6 Å². The molecule has 2 amide bonds. The van der Waals surface area contributed by atoms with Gasteiger partial charge < -0.3 is 15.0 Å². The Kier molecular flexibility index (Phi) is 11.7. The van der Waals surface area contributed by atoms with Crippen molar-refractivity contribution in [3.05, 3.63) is 92.5 Å². The maximum atomic E-state index is 14.2. The lowest BCUT2D eigenvalue weighted by Gasteiger charge is -2.33. The van der Waals surface area contributed by atoms with Crippen molar-refractivity contribution in [2.24, 2.45) is 0 Å². The number of sulfonamides is 1. The number of ether oxygens (including phenoxy) is 1. The topological polar surface area (TPSA) is 139 Å². The van der Waals surface area contributed by atoms with Gasteiger partial charge in [0.25, 0.3) is 15.7 Å². The number of carbonyl (C=O) groups excluding carboxylic acids is 2. The van der Waals surface area contributed by atoms with Gasteiger partial charge in [-0.3, -0.25) is 24.0 Å². The van der Waals surface area contributed by atoms with Crippen LogP contribution in [-0.2, 0) is 26.2 Å². The van der Waals surface area contributed by atoms with Gasteiger partial charge in [-0.05, 0) is 56.5 Å². The SMILES string of the molecule is CCCNC(=O)[C@H](CC)N(Cc1ccc(C)cc1)C(=O)CN(c1cc(Cl)ccc1OC)S(=O)(=O)c1ccc(C)c([N+](=O)[O-])c1. The molecular weight excluding hydrogens is 608 g/mol. The summed E-state index contributed by atoms with van der Waals surface area (Å²) in [7, 11) is -3.27. The zero-order valence-electron chi connectivity index (χ0n) is 25.4. The van der Waals surface area contributed by atoms with Gasteiger partial charge in [0, 0.05) is 29.7 Å². The van der Waals surface area contributed by atoms with Crippen LogP contribution >= 0.6 is 11.6 Å². The third-order valence-corrected chi connectivity index (χ3v) is 9.05. The van der Waals surface area contributed by atoms with Crippen LogP contribution in [0.25, 0.3) is 0 Å². The first kappa shape index (κ1) is 34.3. The number of nitro groups is 1. The molecular formula is C31H37ClN4O7S. The molecule has 3 rings (SSSR count). The highest BCUT2D eigenvalue weighted by Gasteiger charge is 2.35. The molecule has 0 saturated heterocycles. The third-order valence-electron chi connectivity index (χ3n) is 7.06. The van der Waals surface area contributed by atoms with E-state index in [0.717, 1.165) is 21.5 Å². The van der Waals surface area contributed by atoms with E-state index in [0.29, 0.717) is 13.0 Å². The van der Waals surface area contributed by atoms with Gasteiger partial charge in [-0.2, -0.15) is 0 Å². The van der Waals surface area contributed by atoms with Crippen molar-refractivity contribution in [1.82, 2.24) is 10.2 Å². The molecule has 0 aromatic heterocycles. The summed E-state index contributed by atoms with van der Waals surface area (Å²) in [5, 5.41) is 14.7. The van der Waals surface area contributed by atoms with Gasteiger partial charge in [0.05, 0.1) is 22.6 Å². The second-order valence-corrected chi connectivity index (χ2v) is 12.6. The van der Waals surface area contributed by atoms with E-state index >= 15 is 0 Å². The molecule has 0 unspecified atom stereocenters. The van der Waals surface area contributed by atoms with E-state index in [4.69, 9.17) is 16.3 Å². The summed E-state index contributed by atoms with van der Waals surface area (Å²) < 4.78 is 34.7. The van der Waals surface area contributed by atoms with E-state index in [1.807, 2.05) is 38.1 Å². The van der Waals surface area contributed by atoms with Crippen LogP contribution in [-0.4, -0.2) is 56.3 Å². The molecule has 1 atom stereocenters. The standard InChI is InChI=1S/C31H37ClN4O7S/c1-6-16-33-31(38)26(7-2)34(19-23-11-8-21(3)9-12-23)30(37)20-35(28-17-24(32)13-15-29(28)43-5)44(41,42)25-14-10-22(4)27(18-25)36(39)40/h8-15,17-18,26H,6-7,16,19-20H2,1-5H3,(H,33,38)/t26-/m0/s1. The Morgan fingerprint density at radius 3 is 2.32 bits per heavy atom. The fraction of sp³-hybridized carbons (Fsp3) is 0.355. The van der Waals surface area contributed by atoms with Gasteiger partial charge >= 0.3 is 0 Å². The van der Waals surface area contributed by atoms with Crippen LogP contribution in [0.1, 0.15) is 43.4 Å². The smallest absolute Gasteiger partial charge is 0.273 e. The normalized spacial score (nSPS) is 11.9. The lowest BCUT2D eigenvalue weighted by atomic mass is 10.1. The van der Waals surface area contributed by atoms with Crippen molar-refractivity contribution in [2.45, 2.75) is 58.0 Å². The van der Waals surface area contributed by atoms with Crippen molar-refractivity contribution < 1.29 is 27.7 Å². The first-order chi connectivity index (χ1) is 20.8. The summed E-state index contributed by atoms with van der Waals surface area (Å²) in [6.07, 6.45) is 0.960. The van der Waals surface area contributed by atoms with Crippen LogP contribution in [0.4, 0.5) is 11.4 Å². The zero-order valence-corrected chi connectivity index (χ0v) is 26.9. The van der Waals surface area contributed by atoms with Gasteiger partial charge in [-0.15, -0.1) is 0 Å². The van der Waals surface area contributed by atoms with Crippen molar-refractivity contribution in [3.8, 4) is 5.75 Å². The second kappa shape index (κ2) is 15.0. The largest absolute Gasteiger partial charge is 0.495 e.